The molecule has 10 nitrogen and oxygen atoms in total. The Labute approximate surface area is 357 Å². The third kappa shape index (κ3) is 8.09. The van der Waals surface area contributed by atoms with Crippen molar-refractivity contribution in [3.63, 3.8) is 0 Å². The van der Waals surface area contributed by atoms with E-state index < -0.39 is 23.3 Å². The number of ether oxygens (including phenoxy) is 2. The van der Waals surface area contributed by atoms with Gasteiger partial charge in [-0.1, -0.05) is 46.9 Å². The molecule has 2 aliphatic rings. The van der Waals surface area contributed by atoms with Crippen LogP contribution >= 0.6 is 34.8 Å². The molecule has 2 saturated heterocycles. The molecule has 308 valence electrons. The number of rotatable bonds is 6. The molecule has 0 unspecified atom stereocenters. The van der Waals surface area contributed by atoms with Crippen molar-refractivity contribution in [2.75, 3.05) is 67.7 Å². The van der Waals surface area contributed by atoms with Gasteiger partial charge < -0.3 is 24.6 Å². The standard InChI is InChI=1S/C28H27ClF2N6O2.C15H8Cl2F2N2/c1-17-25(21-4-2-3-5-32-21)35-27-23(19(30)15-20(31)24(27)29)26(17)34-22-14-18(36-6-10-38-11-7-36)16-33-28(22)37-8-12-39-13-9-37;1-7-12(16)11-8(18)6-9(19)13(17)15(11)21-14(7)10-4-2-3-5-20-10/h2-5,14-16H,6-13H2,1H3,(H,34,35);2-6H,1H3. The van der Waals surface area contributed by atoms with Gasteiger partial charge in [-0.2, -0.15) is 0 Å². The first-order chi connectivity index (χ1) is 29.0. The summed E-state index contributed by atoms with van der Waals surface area (Å²) < 4.78 is 68.7. The van der Waals surface area contributed by atoms with Gasteiger partial charge in [0, 0.05) is 56.3 Å². The Hall–Kier alpha value is -5.38. The van der Waals surface area contributed by atoms with Crippen LogP contribution in [-0.4, -0.2) is 77.5 Å². The van der Waals surface area contributed by atoms with Gasteiger partial charge in [0.2, 0.25) is 0 Å². The number of nitrogens with one attached hydrogen (secondary N) is 1. The van der Waals surface area contributed by atoms with Gasteiger partial charge in [-0.3, -0.25) is 9.97 Å². The molecule has 2 aromatic carbocycles. The van der Waals surface area contributed by atoms with Gasteiger partial charge in [0.05, 0.1) is 99.3 Å². The Morgan fingerprint density at radius 3 is 1.67 bits per heavy atom. The van der Waals surface area contributed by atoms with Crippen LogP contribution in [0.25, 0.3) is 44.6 Å². The number of hydrogen-bond donors (Lipinski definition) is 1. The summed E-state index contributed by atoms with van der Waals surface area (Å²) in [4.78, 5) is 26.6. The van der Waals surface area contributed by atoms with Crippen LogP contribution in [0.2, 0.25) is 15.1 Å². The van der Waals surface area contributed by atoms with Crippen molar-refractivity contribution in [2.24, 2.45) is 0 Å². The Bertz CT molecular complexity index is 2730. The number of benzene rings is 2. The smallest absolute Gasteiger partial charge is 0.152 e. The van der Waals surface area contributed by atoms with Gasteiger partial charge >= 0.3 is 0 Å². The number of hydrogen-bond acceptors (Lipinski definition) is 10. The summed E-state index contributed by atoms with van der Waals surface area (Å²) in [7, 11) is 0. The zero-order valence-electron chi connectivity index (χ0n) is 32.2. The van der Waals surface area contributed by atoms with Crippen molar-refractivity contribution < 1.29 is 27.0 Å². The second-order valence-electron chi connectivity index (χ2n) is 13.9. The van der Waals surface area contributed by atoms with E-state index in [0.29, 0.717) is 96.7 Å². The lowest BCUT2D eigenvalue weighted by molar-refractivity contribution is 0.122. The molecule has 0 spiro atoms. The van der Waals surface area contributed by atoms with Gasteiger partial charge in [0.15, 0.2) is 5.82 Å². The van der Waals surface area contributed by atoms with E-state index in [-0.39, 0.29) is 36.9 Å². The quantitative estimate of drug-likeness (QED) is 0.128. The highest BCUT2D eigenvalue weighted by Crippen LogP contribution is 2.42. The normalized spacial score (nSPS) is 14.3. The summed E-state index contributed by atoms with van der Waals surface area (Å²) in [5.74, 6) is -2.59. The first kappa shape index (κ1) is 41.4. The molecule has 0 amide bonds. The van der Waals surface area contributed by atoms with E-state index in [1.807, 2.05) is 25.3 Å². The highest BCUT2D eigenvalue weighted by Gasteiger charge is 2.25. The number of halogens is 7. The highest BCUT2D eigenvalue weighted by atomic mass is 35.5. The number of fused-ring (bicyclic) bond motifs is 2. The van der Waals surface area contributed by atoms with Crippen molar-refractivity contribution in [2.45, 2.75) is 13.8 Å². The van der Waals surface area contributed by atoms with Crippen molar-refractivity contribution in [1.29, 1.82) is 0 Å². The van der Waals surface area contributed by atoms with Crippen molar-refractivity contribution in [1.82, 2.24) is 24.9 Å². The van der Waals surface area contributed by atoms with Crippen LogP contribution in [0.15, 0.2) is 73.2 Å². The lowest BCUT2D eigenvalue weighted by Crippen LogP contribution is -2.38. The number of morpholine rings is 2. The fourth-order valence-electron chi connectivity index (χ4n) is 7.17. The maximum atomic E-state index is 15.5. The molecule has 0 aliphatic carbocycles. The van der Waals surface area contributed by atoms with E-state index in [0.717, 1.165) is 24.8 Å². The fourth-order valence-corrected chi connectivity index (χ4v) is 7.82. The molecule has 5 aromatic heterocycles. The van der Waals surface area contributed by atoms with Crippen LogP contribution in [0.5, 0.6) is 0 Å². The van der Waals surface area contributed by atoms with Gasteiger partial charge in [-0.05, 0) is 49.7 Å². The third-order valence-corrected chi connectivity index (χ3v) is 11.4. The van der Waals surface area contributed by atoms with Crippen molar-refractivity contribution in [3.05, 3.63) is 123 Å². The number of anilines is 4. The zero-order chi connectivity index (χ0) is 42.1. The SMILES string of the molecule is Cc1c(-c2ccccn2)nc2c(Cl)c(F)cc(F)c2c1Cl.Cc1c(-c2ccccn2)nc2c(Cl)c(F)cc(F)c2c1Nc1cc(N2CCOCC2)cnc1N1CCOCC1. The van der Waals surface area contributed by atoms with Gasteiger partial charge in [-0.25, -0.2) is 32.5 Å². The van der Waals surface area contributed by atoms with Gasteiger partial charge in [-0.15, -0.1) is 0 Å². The number of aromatic nitrogens is 5. The highest BCUT2D eigenvalue weighted by molar-refractivity contribution is 6.40. The maximum Gasteiger partial charge on any atom is 0.152 e. The van der Waals surface area contributed by atoms with Crippen LogP contribution in [0, 0.1) is 37.1 Å². The average Bonchev–Trinajstić information content (AvgIpc) is 3.27. The third-order valence-electron chi connectivity index (χ3n) is 10.2. The molecule has 0 saturated carbocycles. The topological polar surface area (TPSA) is 101 Å². The number of pyridine rings is 5. The first-order valence-electron chi connectivity index (χ1n) is 18.9. The van der Waals surface area contributed by atoms with E-state index in [9.17, 15) is 13.2 Å². The first-order valence-corrected chi connectivity index (χ1v) is 20.0. The largest absolute Gasteiger partial charge is 0.378 e. The van der Waals surface area contributed by atoms with E-state index in [1.165, 1.54) is 0 Å². The lowest BCUT2D eigenvalue weighted by Gasteiger charge is -2.32. The molecule has 60 heavy (non-hydrogen) atoms. The van der Waals surface area contributed by atoms with Crippen molar-refractivity contribution >= 4 is 79.5 Å². The van der Waals surface area contributed by atoms with Crippen LogP contribution in [0.3, 0.4) is 0 Å². The fraction of sp³-hybridized carbons (Fsp3) is 0.233. The van der Waals surface area contributed by atoms with E-state index in [1.54, 1.807) is 49.6 Å². The second kappa shape index (κ2) is 17.7. The average molecular weight is 878 g/mol. The molecule has 0 radical (unpaired) electrons. The van der Waals surface area contributed by atoms with Crippen molar-refractivity contribution in [3.8, 4) is 22.8 Å². The summed E-state index contributed by atoms with van der Waals surface area (Å²) in [5.41, 5.74) is 5.29. The molecular formula is C43H35Cl3F4N8O2. The van der Waals surface area contributed by atoms with Crippen LogP contribution < -0.4 is 15.1 Å². The molecule has 2 fully saturated rings. The van der Waals surface area contributed by atoms with Crippen LogP contribution in [0.1, 0.15) is 11.1 Å². The predicted molar refractivity (Wildman–Crippen MR) is 228 cm³/mol. The lowest BCUT2D eigenvalue weighted by atomic mass is 10.0. The summed E-state index contributed by atoms with van der Waals surface area (Å²) >= 11 is 18.5. The minimum Gasteiger partial charge on any atom is -0.378 e. The molecular weight excluding hydrogens is 843 g/mol. The maximum absolute atomic E-state index is 15.5. The van der Waals surface area contributed by atoms with E-state index >= 15 is 4.39 Å². The molecule has 17 heteroatoms. The predicted octanol–water partition coefficient (Wildman–Crippen LogP) is 10.5. The van der Waals surface area contributed by atoms with E-state index in [4.69, 9.17) is 49.3 Å². The Morgan fingerprint density at radius 2 is 1.12 bits per heavy atom. The van der Waals surface area contributed by atoms with E-state index in [2.05, 4.69) is 35.1 Å². The minimum atomic E-state index is -0.874. The molecule has 7 aromatic rings. The molecule has 1 N–H and O–H groups in total. The summed E-state index contributed by atoms with van der Waals surface area (Å²) in [6.07, 6.45) is 5.10. The molecule has 2 aliphatic heterocycles. The molecule has 9 rings (SSSR count). The van der Waals surface area contributed by atoms with Crippen LogP contribution in [0.4, 0.5) is 40.4 Å². The van der Waals surface area contributed by atoms with Gasteiger partial charge in [0.25, 0.3) is 0 Å². The second-order valence-corrected chi connectivity index (χ2v) is 15.1. The Balaban J connectivity index is 0.000000200. The summed E-state index contributed by atoms with van der Waals surface area (Å²) in [6.45, 7) is 8.77. The van der Waals surface area contributed by atoms with Gasteiger partial charge in [0.1, 0.15) is 33.3 Å². The summed E-state index contributed by atoms with van der Waals surface area (Å²) in [5, 5.41) is 3.23. The number of nitrogens with zero attached hydrogens (tertiary/aromatic N) is 7. The minimum absolute atomic E-state index is 0.00887. The Kier molecular flexibility index (Phi) is 12.2. The molecule has 7 heterocycles. The molecule has 0 atom stereocenters. The zero-order valence-corrected chi connectivity index (χ0v) is 34.4. The monoisotopic (exact) mass is 876 g/mol. The Morgan fingerprint density at radius 1 is 0.600 bits per heavy atom. The van der Waals surface area contributed by atoms with Crippen LogP contribution in [-0.2, 0) is 9.47 Å². The summed E-state index contributed by atoms with van der Waals surface area (Å²) in [6, 6.07) is 14.2. The molecule has 0 bridgehead atoms.